The number of methoxy groups -OCH3 is 1. The van der Waals surface area contributed by atoms with E-state index in [1.807, 2.05) is 0 Å². The van der Waals surface area contributed by atoms with Gasteiger partial charge >= 0.3 is 0 Å². The first-order chi connectivity index (χ1) is 13.6. The molecule has 0 radical (unpaired) electrons. The molecule has 0 spiro atoms. The Morgan fingerprint density at radius 1 is 0.893 bits per heavy atom. The van der Waals surface area contributed by atoms with Crippen molar-refractivity contribution in [3.8, 4) is 11.5 Å². The highest BCUT2D eigenvalue weighted by molar-refractivity contribution is 6.31. The van der Waals surface area contributed by atoms with E-state index in [2.05, 4.69) is 5.32 Å². The van der Waals surface area contributed by atoms with Gasteiger partial charge in [0.25, 0.3) is 0 Å². The minimum Gasteiger partial charge on any atom is -0.493 e. The van der Waals surface area contributed by atoms with Crippen LogP contribution in [0.5, 0.6) is 11.5 Å². The average molecular weight is 404 g/mol. The number of rotatable bonds is 8. The Bertz CT molecular complexity index is 932. The van der Waals surface area contributed by atoms with Crippen LogP contribution in [0, 0.1) is 11.6 Å². The molecule has 0 aliphatic rings. The lowest BCUT2D eigenvalue weighted by Crippen LogP contribution is -2.13. The van der Waals surface area contributed by atoms with Gasteiger partial charge in [-0.3, -0.25) is 0 Å². The summed E-state index contributed by atoms with van der Waals surface area (Å²) >= 11 is 6.37. The van der Waals surface area contributed by atoms with Crippen molar-refractivity contribution in [1.29, 1.82) is 0 Å². The lowest BCUT2D eigenvalue weighted by atomic mass is 10.1. The van der Waals surface area contributed by atoms with Gasteiger partial charge in [-0.05, 0) is 35.4 Å². The van der Waals surface area contributed by atoms with Gasteiger partial charge in [-0.25, -0.2) is 8.78 Å². The van der Waals surface area contributed by atoms with Gasteiger partial charge in [0, 0.05) is 29.7 Å². The SMILES string of the molecule is COc1cc(CNCc2ccc(F)cc2)c(Cl)cc1OCc1ccccc1F. The summed E-state index contributed by atoms with van der Waals surface area (Å²) in [5.74, 6) is 0.369. The summed E-state index contributed by atoms with van der Waals surface area (Å²) in [6.45, 7) is 1.14. The maximum atomic E-state index is 13.8. The molecule has 6 heteroatoms. The lowest BCUT2D eigenvalue weighted by Gasteiger charge is -2.14. The second-order valence-corrected chi connectivity index (χ2v) is 6.61. The van der Waals surface area contributed by atoms with E-state index in [1.165, 1.54) is 25.3 Å². The fourth-order valence-corrected chi connectivity index (χ4v) is 2.92. The van der Waals surface area contributed by atoms with Crippen molar-refractivity contribution >= 4 is 11.6 Å². The van der Waals surface area contributed by atoms with Crippen LogP contribution in [0.4, 0.5) is 8.78 Å². The third-order valence-electron chi connectivity index (χ3n) is 4.23. The van der Waals surface area contributed by atoms with E-state index in [0.29, 0.717) is 35.2 Å². The Morgan fingerprint density at radius 3 is 2.36 bits per heavy atom. The highest BCUT2D eigenvalue weighted by Gasteiger charge is 2.12. The van der Waals surface area contributed by atoms with Gasteiger partial charge < -0.3 is 14.8 Å². The van der Waals surface area contributed by atoms with E-state index in [4.69, 9.17) is 21.1 Å². The van der Waals surface area contributed by atoms with Crippen LogP contribution in [-0.2, 0) is 19.7 Å². The Balaban J connectivity index is 1.65. The minimum atomic E-state index is -0.325. The highest BCUT2D eigenvalue weighted by atomic mass is 35.5. The molecule has 0 fully saturated rings. The van der Waals surface area contributed by atoms with Gasteiger partial charge in [0.05, 0.1) is 7.11 Å². The van der Waals surface area contributed by atoms with Crippen molar-refractivity contribution in [3.05, 3.63) is 94.0 Å². The van der Waals surface area contributed by atoms with Crippen LogP contribution < -0.4 is 14.8 Å². The third kappa shape index (κ3) is 5.21. The largest absolute Gasteiger partial charge is 0.493 e. The molecule has 146 valence electrons. The number of nitrogens with one attached hydrogen (secondary N) is 1. The molecular weight excluding hydrogens is 384 g/mol. The quantitative estimate of drug-likeness (QED) is 0.539. The standard InChI is InChI=1S/C22H20ClF2NO2/c1-27-21-10-17(13-26-12-15-6-8-18(24)9-7-15)19(23)11-22(21)28-14-16-4-2-3-5-20(16)25/h2-11,26H,12-14H2,1H3. The molecule has 0 saturated heterocycles. The summed E-state index contributed by atoms with van der Waals surface area (Å²) in [4.78, 5) is 0. The van der Waals surface area contributed by atoms with Crippen molar-refractivity contribution in [2.24, 2.45) is 0 Å². The monoisotopic (exact) mass is 403 g/mol. The van der Waals surface area contributed by atoms with Gasteiger partial charge in [-0.2, -0.15) is 0 Å². The van der Waals surface area contributed by atoms with Crippen LogP contribution in [0.15, 0.2) is 60.7 Å². The molecule has 0 bridgehead atoms. The first kappa shape index (κ1) is 20.1. The van der Waals surface area contributed by atoms with Crippen molar-refractivity contribution in [3.63, 3.8) is 0 Å². The van der Waals surface area contributed by atoms with Gasteiger partial charge in [0.2, 0.25) is 0 Å². The molecule has 3 nitrogen and oxygen atoms in total. The van der Waals surface area contributed by atoms with Crippen LogP contribution in [0.2, 0.25) is 5.02 Å². The number of hydrogen-bond acceptors (Lipinski definition) is 3. The van der Waals surface area contributed by atoms with Gasteiger partial charge in [0.1, 0.15) is 18.2 Å². The molecule has 0 amide bonds. The molecule has 28 heavy (non-hydrogen) atoms. The van der Waals surface area contributed by atoms with Crippen LogP contribution >= 0.6 is 11.6 Å². The zero-order valence-corrected chi connectivity index (χ0v) is 16.1. The maximum absolute atomic E-state index is 13.8. The van der Waals surface area contributed by atoms with E-state index in [-0.39, 0.29) is 18.2 Å². The molecule has 0 unspecified atom stereocenters. The second-order valence-electron chi connectivity index (χ2n) is 6.20. The molecule has 0 atom stereocenters. The van der Waals surface area contributed by atoms with Crippen LogP contribution in [0.3, 0.4) is 0 Å². The van der Waals surface area contributed by atoms with Crippen LogP contribution in [0.1, 0.15) is 16.7 Å². The molecule has 0 aliphatic heterocycles. The zero-order chi connectivity index (χ0) is 19.9. The predicted octanol–water partition coefficient (Wildman–Crippen LogP) is 5.50. The van der Waals surface area contributed by atoms with Crippen LogP contribution in [-0.4, -0.2) is 7.11 Å². The van der Waals surface area contributed by atoms with Gasteiger partial charge in [-0.15, -0.1) is 0 Å². The summed E-state index contributed by atoms with van der Waals surface area (Å²) in [6.07, 6.45) is 0. The number of halogens is 3. The first-order valence-corrected chi connectivity index (χ1v) is 9.12. The van der Waals surface area contributed by atoms with Crippen molar-refractivity contribution in [2.75, 3.05) is 7.11 Å². The predicted molar refractivity (Wildman–Crippen MR) is 106 cm³/mol. The third-order valence-corrected chi connectivity index (χ3v) is 4.58. The van der Waals surface area contributed by atoms with Crippen molar-refractivity contribution < 1.29 is 18.3 Å². The summed E-state index contributed by atoms with van der Waals surface area (Å²) < 4.78 is 37.8. The molecule has 3 rings (SSSR count). The molecule has 0 heterocycles. The number of hydrogen-bond donors (Lipinski definition) is 1. The average Bonchev–Trinajstić information content (AvgIpc) is 2.70. The van der Waals surface area contributed by atoms with E-state index in [0.717, 1.165) is 11.1 Å². The molecule has 0 saturated carbocycles. The van der Waals surface area contributed by atoms with Crippen molar-refractivity contribution in [1.82, 2.24) is 5.32 Å². The molecule has 0 aliphatic carbocycles. The Morgan fingerprint density at radius 2 is 1.64 bits per heavy atom. The van der Waals surface area contributed by atoms with Gasteiger partial charge in [-0.1, -0.05) is 41.9 Å². The summed E-state index contributed by atoms with van der Waals surface area (Å²) in [7, 11) is 1.54. The van der Waals surface area contributed by atoms with E-state index >= 15 is 0 Å². The summed E-state index contributed by atoms with van der Waals surface area (Å²) in [6, 6.07) is 16.2. The molecule has 3 aromatic carbocycles. The summed E-state index contributed by atoms with van der Waals surface area (Å²) in [5, 5.41) is 3.77. The van der Waals surface area contributed by atoms with E-state index in [9.17, 15) is 8.78 Å². The minimum absolute atomic E-state index is 0.0710. The van der Waals surface area contributed by atoms with Gasteiger partial charge in [0.15, 0.2) is 11.5 Å². The highest BCUT2D eigenvalue weighted by Crippen LogP contribution is 2.34. The van der Waals surface area contributed by atoms with E-state index in [1.54, 1.807) is 42.5 Å². The Kier molecular flexibility index (Phi) is 6.85. The molecule has 0 aromatic heterocycles. The number of benzene rings is 3. The van der Waals surface area contributed by atoms with E-state index < -0.39 is 0 Å². The van der Waals surface area contributed by atoms with Crippen molar-refractivity contribution in [2.45, 2.75) is 19.7 Å². The zero-order valence-electron chi connectivity index (χ0n) is 15.3. The topological polar surface area (TPSA) is 30.5 Å². The molecular formula is C22H20ClF2NO2. The second kappa shape index (κ2) is 9.53. The molecule has 3 aromatic rings. The fourth-order valence-electron chi connectivity index (χ4n) is 2.70. The fraction of sp³-hybridized carbons (Fsp3) is 0.182. The van der Waals surface area contributed by atoms with Crippen LogP contribution in [0.25, 0.3) is 0 Å². The normalized spacial score (nSPS) is 10.7. The molecule has 1 N–H and O–H groups in total. The maximum Gasteiger partial charge on any atom is 0.163 e. The Labute approximate surface area is 167 Å². The number of ether oxygens (including phenoxy) is 2. The summed E-state index contributed by atoms with van der Waals surface area (Å²) in [5.41, 5.74) is 2.25. The smallest absolute Gasteiger partial charge is 0.163 e. The lowest BCUT2D eigenvalue weighted by molar-refractivity contribution is 0.279. The Hall–Kier alpha value is -2.63. The first-order valence-electron chi connectivity index (χ1n) is 8.74.